The monoisotopic (exact) mass is 472 g/mol. The van der Waals surface area contributed by atoms with Crippen molar-refractivity contribution in [1.82, 2.24) is 14.8 Å². The van der Waals surface area contributed by atoms with Gasteiger partial charge in [0.25, 0.3) is 0 Å². The van der Waals surface area contributed by atoms with Crippen LogP contribution < -0.4 is 10.1 Å². The van der Waals surface area contributed by atoms with Crippen LogP contribution in [0.2, 0.25) is 5.02 Å². The molecule has 32 heavy (non-hydrogen) atoms. The summed E-state index contributed by atoms with van der Waals surface area (Å²) in [6, 6.07) is 13.1. The first-order valence-electron chi connectivity index (χ1n) is 9.60. The Morgan fingerprint density at radius 1 is 1.25 bits per heavy atom. The van der Waals surface area contributed by atoms with Gasteiger partial charge >= 0.3 is 5.97 Å². The minimum Gasteiger partial charge on any atom is -0.481 e. The van der Waals surface area contributed by atoms with Crippen LogP contribution in [-0.4, -0.2) is 37.5 Å². The third-order valence-electron chi connectivity index (χ3n) is 4.31. The summed E-state index contributed by atoms with van der Waals surface area (Å²) in [6.07, 6.45) is 1.28. The van der Waals surface area contributed by atoms with Gasteiger partial charge in [0.2, 0.25) is 5.91 Å². The van der Waals surface area contributed by atoms with Gasteiger partial charge in [0, 0.05) is 12.2 Å². The number of aromatic carboxylic acids is 1. The molecule has 2 aromatic carbocycles. The molecular weight excluding hydrogens is 452 g/mol. The van der Waals surface area contributed by atoms with Gasteiger partial charge in [-0.15, -0.1) is 16.8 Å². The van der Waals surface area contributed by atoms with Crippen LogP contribution in [0.4, 0.5) is 5.69 Å². The van der Waals surface area contributed by atoms with Crippen molar-refractivity contribution in [1.29, 1.82) is 0 Å². The maximum Gasteiger partial charge on any atom is 0.335 e. The van der Waals surface area contributed by atoms with Crippen molar-refractivity contribution in [2.45, 2.75) is 24.7 Å². The van der Waals surface area contributed by atoms with Crippen LogP contribution in [0.15, 0.2) is 66.3 Å². The van der Waals surface area contributed by atoms with E-state index in [-0.39, 0.29) is 17.2 Å². The maximum atomic E-state index is 12.3. The number of nitrogens with zero attached hydrogens (tertiary/aromatic N) is 3. The number of amides is 1. The number of halogens is 1. The minimum atomic E-state index is -1.02. The lowest BCUT2D eigenvalue weighted by Crippen LogP contribution is -2.15. The molecule has 3 aromatic rings. The largest absolute Gasteiger partial charge is 0.481 e. The summed E-state index contributed by atoms with van der Waals surface area (Å²) in [5, 5.41) is 21.2. The van der Waals surface area contributed by atoms with E-state index in [1.807, 2.05) is 23.6 Å². The smallest absolute Gasteiger partial charge is 0.335 e. The molecule has 0 saturated heterocycles. The number of thioether (sulfide) groups is 1. The van der Waals surface area contributed by atoms with E-state index >= 15 is 0 Å². The lowest BCUT2D eigenvalue weighted by Gasteiger charge is -2.16. The highest BCUT2D eigenvalue weighted by molar-refractivity contribution is 7.99. The number of nitrogens with one attached hydrogen (secondary N) is 1. The molecule has 0 aliphatic heterocycles. The van der Waals surface area contributed by atoms with Crippen LogP contribution in [0.1, 0.15) is 29.2 Å². The highest BCUT2D eigenvalue weighted by Crippen LogP contribution is 2.29. The summed E-state index contributed by atoms with van der Waals surface area (Å²) in [5.41, 5.74) is 0.658. The van der Waals surface area contributed by atoms with Crippen molar-refractivity contribution in [2.24, 2.45) is 0 Å². The van der Waals surface area contributed by atoms with Gasteiger partial charge in [-0.2, -0.15) is 0 Å². The number of allylic oxidation sites excluding steroid dienone is 1. The molecular formula is C22H21ClN4O4S. The number of carboxylic acids is 1. The number of hydrogen-bond acceptors (Lipinski definition) is 6. The summed E-state index contributed by atoms with van der Waals surface area (Å²) < 4.78 is 7.77. The zero-order valence-electron chi connectivity index (χ0n) is 17.2. The van der Waals surface area contributed by atoms with E-state index in [9.17, 15) is 9.59 Å². The molecule has 1 atom stereocenters. The molecule has 1 amide bonds. The maximum absolute atomic E-state index is 12.3. The van der Waals surface area contributed by atoms with Crippen molar-refractivity contribution in [3.8, 4) is 5.75 Å². The average molecular weight is 473 g/mol. The standard InChI is InChI=1S/C22H21ClN4O4S/c1-3-12-27-20(14(2)31-18-7-5-4-6-17(18)23)25-26-22(27)32-13-19(28)24-16-10-8-15(9-11-16)21(29)30/h3-11,14H,1,12-13H2,2H3,(H,24,28)(H,29,30). The number of benzene rings is 2. The van der Waals surface area contributed by atoms with E-state index < -0.39 is 12.1 Å². The van der Waals surface area contributed by atoms with E-state index in [0.29, 0.717) is 34.0 Å². The first-order valence-corrected chi connectivity index (χ1v) is 11.0. The topological polar surface area (TPSA) is 106 Å². The Bertz CT molecular complexity index is 1120. The highest BCUT2D eigenvalue weighted by atomic mass is 35.5. The number of aromatic nitrogens is 3. The van der Waals surface area contributed by atoms with Crippen LogP contribution in [0.3, 0.4) is 0 Å². The van der Waals surface area contributed by atoms with Crippen LogP contribution in [0, 0.1) is 0 Å². The Balaban J connectivity index is 1.65. The van der Waals surface area contributed by atoms with Crippen LogP contribution in [0.5, 0.6) is 5.75 Å². The van der Waals surface area contributed by atoms with Gasteiger partial charge in [-0.25, -0.2) is 4.79 Å². The molecule has 2 N–H and O–H groups in total. The number of carbonyl (C=O) groups is 2. The van der Waals surface area contributed by atoms with Gasteiger partial charge in [0.05, 0.1) is 16.3 Å². The second kappa shape index (κ2) is 10.8. The summed E-state index contributed by atoms with van der Waals surface area (Å²) in [5.74, 6) is -0.0682. The number of rotatable bonds is 10. The molecule has 0 bridgehead atoms. The Morgan fingerprint density at radius 2 is 1.97 bits per heavy atom. The molecule has 3 rings (SSSR count). The van der Waals surface area contributed by atoms with Gasteiger partial charge in [-0.1, -0.05) is 41.6 Å². The van der Waals surface area contributed by atoms with Crippen molar-refractivity contribution >= 4 is 40.9 Å². The second-order valence-electron chi connectivity index (χ2n) is 6.65. The number of para-hydroxylation sites is 1. The van der Waals surface area contributed by atoms with Crippen molar-refractivity contribution in [3.63, 3.8) is 0 Å². The number of carboxylic acid groups (broad SMARTS) is 1. The van der Waals surface area contributed by atoms with Gasteiger partial charge in [0.15, 0.2) is 17.1 Å². The van der Waals surface area contributed by atoms with E-state index in [1.165, 1.54) is 36.0 Å². The molecule has 10 heteroatoms. The minimum absolute atomic E-state index is 0.0930. The molecule has 0 radical (unpaired) electrons. The molecule has 8 nitrogen and oxygen atoms in total. The Morgan fingerprint density at radius 3 is 2.62 bits per heavy atom. The fraction of sp³-hybridized carbons (Fsp3) is 0.182. The second-order valence-corrected chi connectivity index (χ2v) is 8.00. The molecule has 1 unspecified atom stereocenters. The molecule has 0 fully saturated rings. The predicted molar refractivity (Wildman–Crippen MR) is 123 cm³/mol. The first kappa shape index (κ1) is 23.4. The number of anilines is 1. The van der Waals surface area contributed by atoms with Crippen LogP contribution >= 0.6 is 23.4 Å². The zero-order chi connectivity index (χ0) is 23.1. The lowest BCUT2D eigenvalue weighted by atomic mass is 10.2. The summed E-state index contributed by atoms with van der Waals surface area (Å²) >= 11 is 7.40. The molecule has 0 aliphatic rings. The first-order chi connectivity index (χ1) is 15.4. The lowest BCUT2D eigenvalue weighted by molar-refractivity contribution is -0.113. The quantitative estimate of drug-likeness (QED) is 0.325. The molecule has 0 saturated carbocycles. The number of ether oxygens (including phenoxy) is 1. The summed E-state index contributed by atoms with van der Waals surface area (Å²) in [7, 11) is 0. The van der Waals surface area contributed by atoms with Crippen molar-refractivity contribution in [2.75, 3.05) is 11.1 Å². The zero-order valence-corrected chi connectivity index (χ0v) is 18.8. The van der Waals surface area contributed by atoms with Gasteiger partial charge in [-0.3, -0.25) is 9.36 Å². The average Bonchev–Trinajstić information content (AvgIpc) is 3.17. The fourth-order valence-corrected chi connectivity index (χ4v) is 3.75. The summed E-state index contributed by atoms with van der Waals surface area (Å²) in [4.78, 5) is 23.2. The molecule has 1 aromatic heterocycles. The van der Waals surface area contributed by atoms with Gasteiger partial charge in [0.1, 0.15) is 5.75 Å². The Labute approximate surface area is 194 Å². The molecule has 166 valence electrons. The van der Waals surface area contributed by atoms with Crippen LogP contribution in [-0.2, 0) is 11.3 Å². The number of hydrogen-bond donors (Lipinski definition) is 2. The molecule has 0 aliphatic carbocycles. The Kier molecular flexibility index (Phi) is 7.91. The van der Waals surface area contributed by atoms with Gasteiger partial charge in [-0.05, 0) is 43.3 Å². The van der Waals surface area contributed by atoms with Gasteiger partial charge < -0.3 is 15.2 Å². The SMILES string of the molecule is C=CCn1c(SCC(=O)Nc2ccc(C(=O)O)cc2)nnc1C(C)Oc1ccccc1Cl. The van der Waals surface area contributed by atoms with E-state index in [2.05, 4.69) is 22.1 Å². The van der Waals surface area contributed by atoms with E-state index in [1.54, 1.807) is 18.2 Å². The Hall–Kier alpha value is -3.30. The predicted octanol–water partition coefficient (Wildman–Crippen LogP) is 4.69. The van der Waals surface area contributed by atoms with Crippen molar-refractivity contribution in [3.05, 3.63) is 77.6 Å². The summed E-state index contributed by atoms with van der Waals surface area (Å²) in [6.45, 7) is 6.06. The van der Waals surface area contributed by atoms with E-state index in [4.69, 9.17) is 21.4 Å². The highest BCUT2D eigenvalue weighted by Gasteiger charge is 2.20. The third kappa shape index (κ3) is 5.89. The fourth-order valence-electron chi connectivity index (χ4n) is 2.82. The third-order valence-corrected chi connectivity index (χ3v) is 5.59. The molecule has 1 heterocycles. The van der Waals surface area contributed by atoms with Crippen LogP contribution in [0.25, 0.3) is 0 Å². The number of carbonyl (C=O) groups excluding carboxylic acids is 1. The van der Waals surface area contributed by atoms with E-state index in [0.717, 1.165) is 0 Å². The normalized spacial score (nSPS) is 11.6. The molecule has 0 spiro atoms. The van der Waals surface area contributed by atoms with Crippen molar-refractivity contribution < 1.29 is 19.4 Å².